The van der Waals surface area contributed by atoms with Crippen LogP contribution in [0.25, 0.3) is 22.6 Å². The van der Waals surface area contributed by atoms with Gasteiger partial charge in [0.25, 0.3) is 0 Å². The van der Waals surface area contributed by atoms with Gasteiger partial charge in [-0.2, -0.15) is 4.98 Å². The summed E-state index contributed by atoms with van der Waals surface area (Å²) >= 11 is 0. The number of nitrogens with two attached hydrogens (primary N) is 1. The summed E-state index contributed by atoms with van der Waals surface area (Å²) in [6, 6.07) is 9.74. The van der Waals surface area contributed by atoms with E-state index in [0.29, 0.717) is 35.6 Å². The molecule has 0 unspecified atom stereocenters. The van der Waals surface area contributed by atoms with Crippen LogP contribution in [-0.4, -0.2) is 30.6 Å². The van der Waals surface area contributed by atoms with Gasteiger partial charge in [0.15, 0.2) is 11.5 Å². The number of aromatic amines is 1. The van der Waals surface area contributed by atoms with E-state index in [1.54, 1.807) is 0 Å². The zero-order chi connectivity index (χ0) is 16.6. The van der Waals surface area contributed by atoms with Gasteiger partial charge in [-0.25, -0.2) is 9.97 Å². The molecule has 1 fully saturated rings. The number of hydrogen-bond donors (Lipinski definition) is 3. The van der Waals surface area contributed by atoms with Gasteiger partial charge < -0.3 is 15.8 Å². The highest BCUT2D eigenvalue weighted by molar-refractivity contribution is 5.84. The number of rotatable bonds is 1. The normalized spacial score (nSPS) is 16.0. The lowest BCUT2D eigenvalue weighted by atomic mass is 10.0. The number of hydrogen-bond acceptors (Lipinski definition) is 5. The van der Waals surface area contributed by atoms with Gasteiger partial charge in [-0.1, -0.05) is 36.3 Å². The molecule has 2 aromatic heterocycles. The van der Waals surface area contributed by atoms with Crippen molar-refractivity contribution in [3.05, 3.63) is 36.2 Å². The highest BCUT2D eigenvalue weighted by atomic mass is 16.3. The summed E-state index contributed by atoms with van der Waals surface area (Å²) in [5.74, 6) is 7.02. The Morgan fingerprint density at radius 3 is 2.58 bits per heavy atom. The first-order chi connectivity index (χ1) is 11.6. The SMILES string of the molecule is Nc1nc(C#CC2(O)CCCC2)nc2nc(-c3ccccc3)[nH]c12. The quantitative estimate of drug-likeness (QED) is 0.597. The minimum atomic E-state index is -0.923. The van der Waals surface area contributed by atoms with E-state index in [0.717, 1.165) is 18.4 Å². The molecule has 120 valence electrons. The van der Waals surface area contributed by atoms with Crippen LogP contribution in [0, 0.1) is 11.8 Å². The Hall–Kier alpha value is -2.91. The third kappa shape index (κ3) is 2.70. The Balaban J connectivity index is 1.73. The molecule has 1 aliphatic rings. The molecule has 4 rings (SSSR count). The number of fused-ring (bicyclic) bond motifs is 1. The van der Waals surface area contributed by atoms with Gasteiger partial charge >= 0.3 is 0 Å². The number of aromatic nitrogens is 4. The maximum absolute atomic E-state index is 10.3. The Kier molecular flexibility index (Phi) is 3.44. The first-order valence-corrected chi connectivity index (χ1v) is 7.97. The first kappa shape index (κ1) is 14.7. The van der Waals surface area contributed by atoms with Crippen LogP contribution < -0.4 is 5.73 Å². The molecule has 0 spiro atoms. The van der Waals surface area contributed by atoms with Gasteiger partial charge in [0.2, 0.25) is 5.82 Å². The number of aliphatic hydroxyl groups is 1. The van der Waals surface area contributed by atoms with Crippen LogP contribution in [0.15, 0.2) is 30.3 Å². The topological polar surface area (TPSA) is 101 Å². The van der Waals surface area contributed by atoms with Gasteiger partial charge in [-0.05, 0) is 31.6 Å². The predicted octanol–water partition coefficient (Wildman–Crippen LogP) is 2.26. The second-order valence-corrected chi connectivity index (χ2v) is 6.07. The Morgan fingerprint density at radius 1 is 1.08 bits per heavy atom. The van der Waals surface area contributed by atoms with Crippen molar-refractivity contribution < 1.29 is 5.11 Å². The maximum Gasteiger partial charge on any atom is 0.209 e. The average molecular weight is 319 g/mol. The molecule has 1 aromatic carbocycles. The van der Waals surface area contributed by atoms with E-state index in [-0.39, 0.29) is 5.82 Å². The molecule has 0 bridgehead atoms. The monoisotopic (exact) mass is 319 g/mol. The number of nitrogens with zero attached hydrogens (tertiary/aromatic N) is 3. The van der Waals surface area contributed by atoms with E-state index in [9.17, 15) is 5.11 Å². The van der Waals surface area contributed by atoms with E-state index in [4.69, 9.17) is 5.73 Å². The standard InChI is InChI=1S/C18H17N5O/c19-15-14-17(23-16(22-14)12-6-2-1-3-7-12)21-13(20-15)8-11-18(24)9-4-5-10-18/h1-3,6-7,24H,4-5,9-10H2,(H3,19,20,21,22,23). The van der Waals surface area contributed by atoms with Crippen molar-refractivity contribution in [3.63, 3.8) is 0 Å². The van der Waals surface area contributed by atoms with E-state index in [1.807, 2.05) is 30.3 Å². The van der Waals surface area contributed by atoms with Crippen LogP contribution in [-0.2, 0) is 0 Å². The average Bonchev–Trinajstić information content (AvgIpc) is 3.21. The lowest BCUT2D eigenvalue weighted by Gasteiger charge is -2.12. The lowest BCUT2D eigenvalue weighted by molar-refractivity contribution is 0.110. The van der Waals surface area contributed by atoms with Crippen LogP contribution in [0.1, 0.15) is 31.5 Å². The summed E-state index contributed by atoms with van der Waals surface area (Å²) in [6.45, 7) is 0. The van der Waals surface area contributed by atoms with Gasteiger partial charge in [0.1, 0.15) is 16.9 Å². The molecule has 24 heavy (non-hydrogen) atoms. The van der Waals surface area contributed by atoms with Gasteiger partial charge in [0.05, 0.1) is 0 Å². The summed E-state index contributed by atoms with van der Waals surface area (Å²) in [4.78, 5) is 16.2. The zero-order valence-electron chi connectivity index (χ0n) is 13.1. The molecule has 0 saturated heterocycles. The molecule has 2 heterocycles. The number of anilines is 1. The van der Waals surface area contributed by atoms with Crippen LogP contribution >= 0.6 is 0 Å². The number of nitrogens with one attached hydrogen (secondary N) is 1. The van der Waals surface area contributed by atoms with Crippen LogP contribution in [0.2, 0.25) is 0 Å². The number of imidazole rings is 1. The Bertz CT molecular complexity index is 946. The first-order valence-electron chi connectivity index (χ1n) is 7.97. The van der Waals surface area contributed by atoms with Crippen LogP contribution in [0.4, 0.5) is 5.82 Å². The fourth-order valence-corrected chi connectivity index (χ4v) is 2.96. The molecule has 1 aliphatic carbocycles. The summed E-state index contributed by atoms with van der Waals surface area (Å²) in [6.07, 6.45) is 3.37. The smallest absolute Gasteiger partial charge is 0.209 e. The summed E-state index contributed by atoms with van der Waals surface area (Å²) in [5.41, 5.74) is 7.11. The molecule has 6 nitrogen and oxygen atoms in total. The van der Waals surface area contributed by atoms with Crippen molar-refractivity contribution in [1.29, 1.82) is 0 Å². The lowest BCUT2D eigenvalue weighted by Crippen LogP contribution is -2.20. The summed E-state index contributed by atoms with van der Waals surface area (Å²) in [7, 11) is 0. The maximum atomic E-state index is 10.3. The fourth-order valence-electron chi connectivity index (χ4n) is 2.96. The van der Waals surface area contributed by atoms with Crippen molar-refractivity contribution >= 4 is 17.0 Å². The minimum absolute atomic E-state index is 0.284. The molecule has 0 radical (unpaired) electrons. The van der Waals surface area contributed by atoms with E-state index >= 15 is 0 Å². The molecule has 0 atom stereocenters. The Labute approximate surface area is 139 Å². The molecule has 1 saturated carbocycles. The van der Waals surface area contributed by atoms with Crippen LogP contribution in [0.5, 0.6) is 0 Å². The molecule has 0 amide bonds. The second-order valence-electron chi connectivity index (χ2n) is 6.07. The van der Waals surface area contributed by atoms with Crippen molar-refractivity contribution in [1.82, 2.24) is 19.9 Å². The van der Waals surface area contributed by atoms with Crippen LogP contribution in [0.3, 0.4) is 0 Å². The van der Waals surface area contributed by atoms with Gasteiger partial charge in [-0.15, -0.1) is 0 Å². The molecule has 4 N–H and O–H groups in total. The number of H-pyrrole nitrogens is 1. The number of nitrogen functional groups attached to an aromatic ring is 1. The largest absolute Gasteiger partial charge is 0.382 e. The molecular weight excluding hydrogens is 302 g/mol. The highest BCUT2D eigenvalue weighted by Crippen LogP contribution is 2.28. The van der Waals surface area contributed by atoms with E-state index < -0.39 is 5.60 Å². The predicted molar refractivity (Wildman–Crippen MR) is 91.8 cm³/mol. The second kappa shape index (κ2) is 5.62. The molecule has 3 aromatic rings. The van der Waals surface area contributed by atoms with E-state index in [1.165, 1.54) is 0 Å². The molecule has 0 aliphatic heterocycles. The molecule has 6 heteroatoms. The van der Waals surface area contributed by atoms with Crippen molar-refractivity contribution in [2.24, 2.45) is 0 Å². The summed E-state index contributed by atoms with van der Waals surface area (Å²) in [5, 5.41) is 10.3. The summed E-state index contributed by atoms with van der Waals surface area (Å²) < 4.78 is 0. The molecular formula is C18H17N5O. The zero-order valence-corrected chi connectivity index (χ0v) is 13.1. The highest BCUT2D eigenvalue weighted by Gasteiger charge is 2.28. The third-order valence-corrected chi connectivity index (χ3v) is 4.26. The van der Waals surface area contributed by atoms with Crippen molar-refractivity contribution in [2.45, 2.75) is 31.3 Å². The fraction of sp³-hybridized carbons (Fsp3) is 0.278. The Morgan fingerprint density at radius 2 is 1.83 bits per heavy atom. The van der Waals surface area contributed by atoms with Gasteiger partial charge in [-0.3, -0.25) is 0 Å². The number of benzene rings is 1. The third-order valence-electron chi connectivity index (χ3n) is 4.26. The van der Waals surface area contributed by atoms with E-state index in [2.05, 4.69) is 31.8 Å². The van der Waals surface area contributed by atoms with Gasteiger partial charge in [0, 0.05) is 5.56 Å². The van der Waals surface area contributed by atoms with Crippen molar-refractivity contribution in [2.75, 3.05) is 5.73 Å². The van der Waals surface area contributed by atoms with Crippen molar-refractivity contribution in [3.8, 4) is 23.2 Å². The minimum Gasteiger partial charge on any atom is -0.382 e.